The van der Waals surface area contributed by atoms with Gasteiger partial charge in [-0.25, -0.2) is 4.52 Å². The number of pyridine rings is 2. The number of carbonyl (C=O) groups is 1. The lowest BCUT2D eigenvalue weighted by molar-refractivity contribution is 0.0286. The molecule has 1 aromatic carbocycles. The van der Waals surface area contributed by atoms with Gasteiger partial charge in [-0.15, -0.1) is 0 Å². The van der Waals surface area contributed by atoms with Crippen LogP contribution in [0.5, 0.6) is 11.5 Å². The fourth-order valence-corrected chi connectivity index (χ4v) is 3.96. The maximum absolute atomic E-state index is 12.5. The second kappa shape index (κ2) is 9.74. The van der Waals surface area contributed by atoms with Crippen LogP contribution < -0.4 is 20.1 Å². The van der Waals surface area contributed by atoms with Gasteiger partial charge in [0.1, 0.15) is 18.1 Å². The predicted molar refractivity (Wildman–Crippen MR) is 142 cm³/mol. The molecule has 0 spiro atoms. The third-order valence-electron chi connectivity index (χ3n) is 5.99. The summed E-state index contributed by atoms with van der Waals surface area (Å²) in [4.78, 5) is 16.9. The highest BCUT2D eigenvalue weighted by Gasteiger charge is 2.25. The summed E-state index contributed by atoms with van der Waals surface area (Å²) in [6.07, 6.45) is 5.63. The molecule has 0 aliphatic heterocycles. The van der Waals surface area contributed by atoms with E-state index in [-0.39, 0.29) is 18.6 Å². The van der Waals surface area contributed by atoms with Crippen LogP contribution in [0.3, 0.4) is 0 Å². The average Bonchev–Trinajstić information content (AvgIpc) is 3.58. The number of aromatic nitrogens is 3. The zero-order valence-electron chi connectivity index (χ0n) is 21.4. The van der Waals surface area contributed by atoms with E-state index >= 15 is 0 Å². The van der Waals surface area contributed by atoms with Gasteiger partial charge in [-0.1, -0.05) is 0 Å². The molecule has 1 aliphatic rings. The number of hydrogen-bond donors (Lipinski definition) is 3. The van der Waals surface area contributed by atoms with Crippen LogP contribution in [0.1, 0.15) is 42.7 Å². The van der Waals surface area contributed by atoms with Crippen LogP contribution in [-0.2, 0) is 0 Å². The molecule has 9 heteroatoms. The molecule has 3 heterocycles. The lowest BCUT2D eigenvalue weighted by atomic mass is 10.1. The summed E-state index contributed by atoms with van der Waals surface area (Å²) < 4.78 is 13.1. The van der Waals surface area contributed by atoms with Crippen molar-refractivity contribution in [2.24, 2.45) is 0 Å². The van der Waals surface area contributed by atoms with Crippen molar-refractivity contribution in [3.05, 3.63) is 66.1 Å². The van der Waals surface area contributed by atoms with Crippen molar-refractivity contribution < 1.29 is 19.4 Å². The summed E-state index contributed by atoms with van der Waals surface area (Å²) in [7, 11) is 1.56. The molecule has 1 amide bonds. The molecule has 1 aliphatic carbocycles. The molecule has 1 fully saturated rings. The monoisotopic (exact) mass is 501 g/mol. The zero-order chi connectivity index (χ0) is 26.2. The van der Waals surface area contributed by atoms with E-state index in [2.05, 4.69) is 20.7 Å². The van der Waals surface area contributed by atoms with Crippen LogP contribution in [-0.4, -0.2) is 51.0 Å². The lowest BCUT2D eigenvalue weighted by Crippen LogP contribution is -2.28. The Hall–Kier alpha value is -4.11. The number of methoxy groups -OCH3 is 1. The first kappa shape index (κ1) is 24.6. The Morgan fingerprint density at radius 2 is 1.97 bits per heavy atom. The molecule has 4 aromatic rings. The second-order valence-electron chi connectivity index (χ2n) is 10.0. The topological polar surface area (TPSA) is 110 Å². The van der Waals surface area contributed by atoms with E-state index < -0.39 is 5.60 Å². The summed E-state index contributed by atoms with van der Waals surface area (Å²) in [6.45, 7) is 5.48. The Morgan fingerprint density at radius 3 is 2.70 bits per heavy atom. The Bertz CT molecular complexity index is 1450. The van der Waals surface area contributed by atoms with Crippen LogP contribution in [0, 0.1) is 6.92 Å². The van der Waals surface area contributed by atoms with Crippen LogP contribution in [0.2, 0.25) is 0 Å². The largest absolute Gasteiger partial charge is 0.496 e. The molecule has 0 unspecified atom stereocenters. The number of carbonyl (C=O) groups excluding carboxylic acids is 1. The molecule has 3 aromatic heterocycles. The standard InChI is InChI=1S/C28H31N5O4/c1-17-11-23(25(15-29-17)37-16-28(2,3)35)18-9-10-33-21(12-18)14-26(32-33)30-20-7-8-22(24(13-20)36-4)27(34)31-19-5-6-19/h7-15,19,35H,5-6,16H2,1-4H3,(H,30,32)(H,31,34). The molecule has 192 valence electrons. The number of fused-ring (bicyclic) bond motifs is 1. The summed E-state index contributed by atoms with van der Waals surface area (Å²) in [5.41, 5.74) is 3.90. The van der Waals surface area contributed by atoms with Crippen LogP contribution in [0.25, 0.3) is 16.6 Å². The van der Waals surface area contributed by atoms with Crippen molar-refractivity contribution in [3.8, 4) is 22.6 Å². The lowest BCUT2D eigenvalue weighted by Gasteiger charge is -2.19. The number of hydrogen-bond acceptors (Lipinski definition) is 7. The van der Waals surface area contributed by atoms with E-state index in [1.165, 1.54) is 0 Å². The van der Waals surface area contributed by atoms with Crippen LogP contribution in [0.4, 0.5) is 11.5 Å². The molecule has 9 nitrogen and oxygen atoms in total. The van der Waals surface area contributed by atoms with Gasteiger partial charge in [-0.2, -0.15) is 5.10 Å². The van der Waals surface area contributed by atoms with Gasteiger partial charge >= 0.3 is 0 Å². The van der Waals surface area contributed by atoms with E-state index in [4.69, 9.17) is 9.47 Å². The molecule has 3 N–H and O–H groups in total. The number of nitrogens with zero attached hydrogens (tertiary/aromatic N) is 3. The zero-order valence-corrected chi connectivity index (χ0v) is 21.4. The Kier molecular flexibility index (Phi) is 6.47. The minimum absolute atomic E-state index is 0.122. The molecule has 37 heavy (non-hydrogen) atoms. The fourth-order valence-electron chi connectivity index (χ4n) is 3.96. The number of nitrogens with one attached hydrogen (secondary N) is 2. The number of anilines is 2. The highest BCUT2D eigenvalue weighted by atomic mass is 16.5. The van der Waals surface area contributed by atoms with Gasteiger partial charge < -0.3 is 25.2 Å². The Morgan fingerprint density at radius 1 is 1.16 bits per heavy atom. The number of amides is 1. The van der Waals surface area contributed by atoms with E-state index in [9.17, 15) is 9.90 Å². The highest BCUT2D eigenvalue weighted by molar-refractivity contribution is 5.98. The van der Waals surface area contributed by atoms with E-state index in [1.807, 2.05) is 43.5 Å². The van der Waals surface area contributed by atoms with Crippen molar-refractivity contribution in [3.63, 3.8) is 0 Å². The van der Waals surface area contributed by atoms with Crippen molar-refractivity contribution in [2.75, 3.05) is 19.0 Å². The molecule has 0 atom stereocenters. The van der Waals surface area contributed by atoms with Crippen molar-refractivity contribution >= 4 is 22.9 Å². The quantitative estimate of drug-likeness (QED) is 0.310. The molecular weight excluding hydrogens is 470 g/mol. The summed E-state index contributed by atoms with van der Waals surface area (Å²) >= 11 is 0. The normalized spacial score (nSPS) is 13.4. The molecule has 0 saturated heterocycles. The third-order valence-corrected chi connectivity index (χ3v) is 5.99. The molecular formula is C28H31N5O4. The molecule has 0 bridgehead atoms. The van der Waals surface area contributed by atoms with Gasteiger partial charge in [0.05, 0.1) is 30.0 Å². The third kappa shape index (κ3) is 5.83. The van der Waals surface area contributed by atoms with Gasteiger partial charge in [0.2, 0.25) is 0 Å². The number of rotatable bonds is 9. The van der Waals surface area contributed by atoms with E-state index in [0.717, 1.165) is 40.9 Å². The van der Waals surface area contributed by atoms with Gasteiger partial charge in [-0.05, 0) is 69.5 Å². The fraction of sp³-hybridized carbons (Fsp3) is 0.321. The minimum atomic E-state index is -0.958. The van der Waals surface area contributed by atoms with E-state index in [0.29, 0.717) is 22.9 Å². The maximum atomic E-state index is 12.5. The van der Waals surface area contributed by atoms with E-state index in [1.54, 1.807) is 43.8 Å². The molecule has 1 saturated carbocycles. The number of ether oxygens (including phenoxy) is 2. The van der Waals surface area contributed by atoms with Gasteiger partial charge in [0, 0.05) is 41.3 Å². The van der Waals surface area contributed by atoms with Crippen molar-refractivity contribution in [1.82, 2.24) is 19.9 Å². The Labute approximate surface area is 215 Å². The molecule has 5 rings (SSSR count). The first-order valence-corrected chi connectivity index (χ1v) is 12.3. The second-order valence-corrected chi connectivity index (χ2v) is 10.0. The van der Waals surface area contributed by atoms with Crippen molar-refractivity contribution in [2.45, 2.75) is 45.3 Å². The Balaban J connectivity index is 1.39. The maximum Gasteiger partial charge on any atom is 0.255 e. The predicted octanol–water partition coefficient (Wildman–Crippen LogP) is 4.50. The summed E-state index contributed by atoms with van der Waals surface area (Å²) in [5.74, 6) is 1.64. The van der Waals surface area contributed by atoms with Gasteiger partial charge in [-0.3, -0.25) is 9.78 Å². The first-order chi connectivity index (χ1) is 17.7. The van der Waals surface area contributed by atoms with Gasteiger partial charge in [0.25, 0.3) is 5.91 Å². The average molecular weight is 502 g/mol. The van der Waals surface area contributed by atoms with Crippen molar-refractivity contribution in [1.29, 1.82) is 0 Å². The van der Waals surface area contributed by atoms with Crippen LogP contribution >= 0.6 is 0 Å². The number of benzene rings is 1. The highest BCUT2D eigenvalue weighted by Crippen LogP contribution is 2.32. The molecule has 0 radical (unpaired) electrons. The summed E-state index contributed by atoms with van der Waals surface area (Å²) in [6, 6.07) is 13.6. The van der Waals surface area contributed by atoms with Gasteiger partial charge in [0.15, 0.2) is 5.82 Å². The van der Waals surface area contributed by atoms with Crippen LogP contribution in [0.15, 0.2) is 54.9 Å². The SMILES string of the molecule is COc1cc(Nc2cc3cc(-c4cc(C)ncc4OCC(C)(C)O)ccn3n2)ccc1C(=O)NC1CC1. The smallest absolute Gasteiger partial charge is 0.255 e. The number of aliphatic hydroxyl groups is 1. The minimum Gasteiger partial charge on any atom is -0.496 e. The first-order valence-electron chi connectivity index (χ1n) is 12.3. The summed E-state index contributed by atoms with van der Waals surface area (Å²) in [5, 5.41) is 21.0. The number of aryl methyl sites for hydroxylation is 1.